The molecule has 0 amide bonds. The van der Waals surface area contributed by atoms with E-state index in [0.29, 0.717) is 10.8 Å². The second-order valence-electron chi connectivity index (χ2n) is 7.58. The molecule has 5 rings (SSSR count). The van der Waals surface area contributed by atoms with Crippen molar-refractivity contribution < 1.29 is 4.92 Å². The summed E-state index contributed by atoms with van der Waals surface area (Å²) in [7, 11) is 0. The van der Waals surface area contributed by atoms with E-state index in [1.807, 2.05) is 0 Å². The van der Waals surface area contributed by atoms with Crippen LogP contribution in [0.4, 0.5) is 11.4 Å². The summed E-state index contributed by atoms with van der Waals surface area (Å²) in [5.41, 5.74) is 0.897. The number of benzene rings is 1. The fourth-order valence-corrected chi connectivity index (χ4v) is 5.70. The zero-order chi connectivity index (χ0) is 16.0. The standard InChI is InChI=1S/C17H21N3O2S/c21-20(22)15-3-1-2-14(7-15)18-16(23)19-17-8-11-4-12(9-17)6-13(5-11)10-17/h1-3,7,11-13H,4-6,8-10H2,(H2,18,19,23). The van der Waals surface area contributed by atoms with Gasteiger partial charge in [-0.1, -0.05) is 6.07 Å². The van der Waals surface area contributed by atoms with Gasteiger partial charge in [0.2, 0.25) is 0 Å². The summed E-state index contributed by atoms with van der Waals surface area (Å²) in [5.74, 6) is 2.57. The Morgan fingerprint density at radius 1 is 1.17 bits per heavy atom. The Labute approximate surface area is 141 Å². The smallest absolute Gasteiger partial charge is 0.271 e. The van der Waals surface area contributed by atoms with E-state index in [1.54, 1.807) is 12.1 Å². The average Bonchev–Trinajstić information content (AvgIpc) is 2.45. The SMILES string of the molecule is O=[N+]([O-])c1cccc(NC(=S)NC23CC4CC(CC(C4)C2)C3)c1. The molecule has 4 saturated carbocycles. The molecule has 4 aliphatic rings. The monoisotopic (exact) mass is 331 g/mol. The maximum Gasteiger partial charge on any atom is 0.271 e. The third kappa shape index (κ3) is 2.92. The Hall–Kier alpha value is -1.69. The van der Waals surface area contributed by atoms with Crippen LogP contribution in [0.3, 0.4) is 0 Å². The minimum Gasteiger partial charge on any atom is -0.357 e. The Morgan fingerprint density at radius 2 is 1.78 bits per heavy atom. The first-order valence-corrected chi connectivity index (χ1v) is 8.76. The lowest BCUT2D eigenvalue weighted by molar-refractivity contribution is -0.384. The summed E-state index contributed by atoms with van der Waals surface area (Å²) >= 11 is 5.49. The molecule has 0 heterocycles. The minimum absolute atomic E-state index is 0.0765. The van der Waals surface area contributed by atoms with Crippen LogP contribution >= 0.6 is 12.2 Å². The molecule has 4 fully saturated rings. The molecule has 2 N–H and O–H groups in total. The minimum atomic E-state index is -0.388. The largest absolute Gasteiger partial charge is 0.357 e. The van der Waals surface area contributed by atoms with Crippen molar-refractivity contribution in [3.05, 3.63) is 34.4 Å². The highest BCUT2D eigenvalue weighted by atomic mass is 32.1. The molecule has 0 spiro atoms. The molecular weight excluding hydrogens is 310 g/mol. The van der Waals surface area contributed by atoms with E-state index in [1.165, 1.54) is 50.7 Å². The van der Waals surface area contributed by atoms with Gasteiger partial charge < -0.3 is 10.6 Å². The van der Waals surface area contributed by atoms with Crippen LogP contribution < -0.4 is 10.6 Å². The van der Waals surface area contributed by atoms with E-state index >= 15 is 0 Å². The van der Waals surface area contributed by atoms with Gasteiger partial charge in [-0.05, 0) is 74.6 Å². The number of nitrogens with one attached hydrogen (secondary N) is 2. The molecule has 5 nitrogen and oxygen atoms in total. The quantitative estimate of drug-likeness (QED) is 0.500. The Bertz CT molecular complexity index is 626. The predicted molar refractivity (Wildman–Crippen MR) is 93.4 cm³/mol. The molecule has 122 valence electrons. The number of anilines is 1. The molecule has 4 bridgehead atoms. The highest BCUT2D eigenvalue weighted by Crippen LogP contribution is 2.55. The van der Waals surface area contributed by atoms with Crippen LogP contribution in [0.1, 0.15) is 38.5 Å². The summed E-state index contributed by atoms with van der Waals surface area (Å²) in [6, 6.07) is 6.49. The average molecular weight is 331 g/mol. The van der Waals surface area contributed by atoms with E-state index in [4.69, 9.17) is 12.2 Å². The molecule has 0 unspecified atom stereocenters. The van der Waals surface area contributed by atoms with Gasteiger partial charge in [-0.2, -0.15) is 0 Å². The third-order valence-corrected chi connectivity index (χ3v) is 5.94. The molecular formula is C17H21N3O2S. The van der Waals surface area contributed by atoms with Gasteiger partial charge in [-0.3, -0.25) is 10.1 Å². The van der Waals surface area contributed by atoms with Gasteiger partial charge in [0.15, 0.2) is 5.11 Å². The van der Waals surface area contributed by atoms with Gasteiger partial charge in [0, 0.05) is 23.4 Å². The lowest BCUT2D eigenvalue weighted by atomic mass is 9.53. The summed E-state index contributed by atoms with van der Waals surface area (Å²) in [6.45, 7) is 0. The number of nitro groups is 1. The number of thiocarbonyl (C=S) groups is 1. The van der Waals surface area contributed by atoms with Crippen molar-refractivity contribution in [3.8, 4) is 0 Å². The summed E-state index contributed by atoms with van der Waals surface area (Å²) in [4.78, 5) is 10.5. The fraction of sp³-hybridized carbons (Fsp3) is 0.588. The first-order valence-electron chi connectivity index (χ1n) is 8.35. The van der Waals surface area contributed by atoms with Crippen LogP contribution in [0.5, 0.6) is 0 Å². The number of hydrogen-bond donors (Lipinski definition) is 2. The van der Waals surface area contributed by atoms with Crippen LogP contribution in [-0.4, -0.2) is 15.6 Å². The zero-order valence-electron chi connectivity index (χ0n) is 13.0. The molecule has 0 saturated heterocycles. The van der Waals surface area contributed by atoms with Gasteiger partial charge in [0.1, 0.15) is 0 Å². The number of nitro benzene ring substituents is 1. The molecule has 23 heavy (non-hydrogen) atoms. The molecule has 0 aromatic heterocycles. The Balaban J connectivity index is 1.44. The van der Waals surface area contributed by atoms with Crippen LogP contribution in [-0.2, 0) is 0 Å². The lowest BCUT2D eigenvalue weighted by Crippen LogP contribution is -2.60. The van der Waals surface area contributed by atoms with Gasteiger partial charge in [-0.15, -0.1) is 0 Å². The van der Waals surface area contributed by atoms with Crippen LogP contribution in [0.2, 0.25) is 0 Å². The normalized spacial score (nSPS) is 34.2. The Morgan fingerprint density at radius 3 is 2.35 bits per heavy atom. The molecule has 6 heteroatoms. The van der Waals surface area contributed by atoms with E-state index in [9.17, 15) is 10.1 Å². The van der Waals surface area contributed by atoms with Crippen LogP contribution in [0.15, 0.2) is 24.3 Å². The highest BCUT2D eigenvalue weighted by Gasteiger charge is 2.51. The van der Waals surface area contributed by atoms with E-state index in [-0.39, 0.29) is 16.1 Å². The summed E-state index contributed by atoms with van der Waals surface area (Å²) in [5, 5.41) is 18.2. The van der Waals surface area contributed by atoms with E-state index < -0.39 is 0 Å². The van der Waals surface area contributed by atoms with Gasteiger partial charge >= 0.3 is 0 Å². The summed E-state index contributed by atoms with van der Waals surface area (Å²) < 4.78 is 0. The Kier molecular flexibility index (Phi) is 3.52. The first kappa shape index (κ1) is 14.9. The van der Waals surface area contributed by atoms with Crippen molar-refractivity contribution in [2.45, 2.75) is 44.1 Å². The van der Waals surface area contributed by atoms with Crippen LogP contribution in [0, 0.1) is 27.9 Å². The maximum absolute atomic E-state index is 10.9. The van der Waals surface area contributed by atoms with Crippen molar-refractivity contribution in [2.24, 2.45) is 17.8 Å². The molecule has 4 aliphatic carbocycles. The molecule has 1 aromatic rings. The van der Waals surface area contributed by atoms with Gasteiger partial charge in [-0.25, -0.2) is 0 Å². The molecule has 0 atom stereocenters. The highest BCUT2D eigenvalue weighted by molar-refractivity contribution is 7.80. The van der Waals surface area contributed by atoms with Crippen molar-refractivity contribution in [3.63, 3.8) is 0 Å². The first-order chi connectivity index (χ1) is 11.0. The van der Waals surface area contributed by atoms with Gasteiger partial charge in [0.25, 0.3) is 5.69 Å². The molecule has 0 aliphatic heterocycles. The van der Waals surface area contributed by atoms with Crippen molar-refractivity contribution >= 4 is 28.7 Å². The van der Waals surface area contributed by atoms with E-state index in [0.717, 1.165) is 17.8 Å². The van der Waals surface area contributed by atoms with Crippen molar-refractivity contribution in [1.29, 1.82) is 0 Å². The third-order valence-electron chi connectivity index (χ3n) is 5.73. The fourth-order valence-electron chi connectivity index (χ4n) is 5.36. The lowest BCUT2D eigenvalue weighted by Gasteiger charge is -2.57. The zero-order valence-corrected chi connectivity index (χ0v) is 13.8. The predicted octanol–water partition coefficient (Wildman–Crippen LogP) is 3.85. The maximum atomic E-state index is 10.9. The van der Waals surface area contributed by atoms with Crippen molar-refractivity contribution in [1.82, 2.24) is 5.32 Å². The number of nitrogens with zero attached hydrogens (tertiary/aromatic N) is 1. The van der Waals surface area contributed by atoms with Gasteiger partial charge in [0.05, 0.1) is 4.92 Å². The topological polar surface area (TPSA) is 67.2 Å². The number of rotatable bonds is 3. The van der Waals surface area contributed by atoms with Crippen molar-refractivity contribution in [2.75, 3.05) is 5.32 Å². The summed E-state index contributed by atoms with van der Waals surface area (Å²) in [6.07, 6.45) is 7.84. The van der Waals surface area contributed by atoms with E-state index in [2.05, 4.69) is 10.6 Å². The molecule has 1 aromatic carbocycles. The van der Waals surface area contributed by atoms with Crippen LogP contribution in [0.25, 0.3) is 0 Å². The molecule has 0 radical (unpaired) electrons. The number of non-ortho nitro benzene ring substituents is 1. The number of hydrogen-bond acceptors (Lipinski definition) is 3. The second kappa shape index (κ2) is 5.44. The second-order valence-corrected chi connectivity index (χ2v) is 7.99.